The molecule has 2 aromatic rings. The standard InChI is InChI=1S/C19H19FN2O2/c20-16-4-1-3-15(11-16)12-18(23)21-13-14-6-8-17(9-7-14)22-10-2-5-19(22)24/h1,3-4,6-9,11H,2,5,10,12-13H2,(H,21,23). The lowest BCUT2D eigenvalue weighted by Gasteiger charge is -2.16. The molecule has 0 radical (unpaired) electrons. The zero-order valence-corrected chi connectivity index (χ0v) is 13.3. The first-order chi connectivity index (χ1) is 11.6. The van der Waals surface area contributed by atoms with Crippen molar-refractivity contribution in [1.82, 2.24) is 5.32 Å². The van der Waals surface area contributed by atoms with Crippen LogP contribution in [0.4, 0.5) is 10.1 Å². The Bertz CT molecular complexity index is 743. The molecule has 3 rings (SSSR count). The van der Waals surface area contributed by atoms with Crippen molar-refractivity contribution in [2.75, 3.05) is 11.4 Å². The van der Waals surface area contributed by atoms with Crippen molar-refractivity contribution in [1.29, 1.82) is 0 Å². The monoisotopic (exact) mass is 326 g/mol. The maximum atomic E-state index is 13.1. The zero-order valence-electron chi connectivity index (χ0n) is 13.3. The fourth-order valence-corrected chi connectivity index (χ4v) is 2.81. The first-order valence-corrected chi connectivity index (χ1v) is 8.02. The van der Waals surface area contributed by atoms with E-state index >= 15 is 0 Å². The van der Waals surface area contributed by atoms with E-state index in [1.807, 2.05) is 24.3 Å². The second kappa shape index (κ2) is 7.25. The third kappa shape index (κ3) is 3.98. The molecule has 124 valence electrons. The van der Waals surface area contributed by atoms with Gasteiger partial charge in [0.25, 0.3) is 0 Å². The van der Waals surface area contributed by atoms with Crippen LogP contribution in [0.5, 0.6) is 0 Å². The molecular formula is C19H19FN2O2. The number of nitrogens with zero attached hydrogens (tertiary/aromatic N) is 1. The summed E-state index contributed by atoms with van der Waals surface area (Å²) in [6.45, 7) is 1.17. The van der Waals surface area contributed by atoms with E-state index in [9.17, 15) is 14.0 Å². The molecule has 1 N–H and O–H groups in total. The Balaban J connectivity index is 1.53. The lowest BCUT2D eigenvalue weighted by Crippen LogP contribution is -2.25. The van der Waals surface area contributed by atoms with Crippen molar-refractivity contribution in [3.05, 3.63) is 65.5 Å². The fourth-order valence-electron chi connectivity index (χ4n) is 2.81. The van der Waals surface area contributed by atoms with Gasteiger partial charge in [-0.25, -0.2) is 4.39 Å². The van der Waals surface area contributed by atoms with E-state index < -0.39 is 0 Å². The van der Waals surface area contributed by atoms with Crippen LogP contribution in [-0.2, 0) is 22.6 Å². The van der Waals surface area contributed by atoms with Gasteiger partial charge in [0.15, 0.2) is 0 Å². The highest BCUT2D eigenvalue weighted by molar-refractivity contribution is 5.95. The number of hydrogen-bond donors (Lipinski definition) is 1. The maximum absolute atomic E-state index is 13.1. The highest BCUT2D eigenvalue weighted by atomic mass is 19.1. The van der Waals surface area contributed by atoms with Crippen LogP contribution in [0.25, 0.3) is 0 Å². The van der Waals surface area contributed by atoms with Crippen LogP contribution in [0.3, 0.4) is 0 Å². The van der Waals surface area contributed by atoms with Gasteiger partial charge in [-0.1, -0.05) is 24.3 Å². The van der Waals surface area contributed by atoms with Gasteiger partial charge >= 0.3 is 0 Å². The van der Waals surface area contributed by atoms with E-state index in [1.165, 1.54) is 12.1 Å². The number of anilines is 1. The van der Waals surface area contributed by atoms with E-state index in [1.54, 1.807) is 17.0 Å². The van der Waals surface area contributed by atoms with Crippen molar-refractivity contribution < 1.29 is 14.0 Å². The van der Waals surface area contributed by atoms with Gasteiger partial charge < -0.3 is 10.2 Å². The topological polar surface area (TPSA) is 49.4 Å². The Labute approximate surface area is 140 Å². The smallest absolute Gasteiger partial charge is 0.227 e. The minimum atomic E-state index is -0.340. The Kier molecular flexibility index (Phi) is 4.89. The molecule has 5 heteroatoms. The molecule has 0 atom stereocenters. The molecule has 1 saturated heterocycles. The fraction of sp³-hybridized carbons (Fsp3) is 0.263. The van der Waals surface area contributed by atoms with Crippen LogP contribution in [-0.4, -0.2) is 18.4 Å². The molecule has 1 heterocycles. The lowest BCUT2D eigenvalue weighted by molar-refractivity contribution is -0.120. The van der Waals surface area contributed by atoms with Crippen LogP contribution in [0.15, 0.2) is 48.5 Å². The third-order valence-corrected chi connectivity index (χ3v) is 4.06. The molecule has 0 spiro atoms. The summed E-state index contributed by atoms with van der Waals surface area (Å²) in [7, 11) is 0. The number of carbonyl (C=O) groups excluding carboxylic acids is 2. The highest BCUT2D eigenvalue weighted by Crippen LogP contribution is 2.21. The molecule has 1 aliphatic heterocycles. The minimum Gasteiger partial charge on any atom is -0.352 e. The number of benzene rings is 2. The van der Waals surface area contributed by atoms with E-state index in [2.05, 4.69) is 5.32 Å². The maximum Gasteiger partial charge on any atom is 0.227 e. The number of halogens is 1. The van der Waals surface area contributed by atoms with E-state index in [0.717, 1.165) is 24.2 Å². The van der Waals surface area contributed by atoms with Crippen molar-refractivity contribution in [3.63, 3.8) is 0 Å². The van der Waals surface area contributed by atoms with E-state index in [-0.39, 0.29) is 24.1 Å². The second-order valence-electron chi connectivity index (χ2n) is 5.90. The van der Waals surface area contributed by atoms with Gasteiger partial charge in [-0.2, -0.15) is 0 Å². The Morgan fingerprint density at radius 2 is 1.92 bits per heavy atom. The van der Waals surface area contributed by atoms with Gasteiger partial charge in [-0.3, -0.25) is 9.59 Å². The predicted molar refractivity (Wildman–Crippen MR) is 90.0 cm³/mol. The molecule has 0 saturated carbocycles. The van der Waals surface area contributed by atoms with Gasteiger partial charge in [0, 0.05) is 25.2 Å². The predicted octanol–water partition coefficient (Wildman–Crippen LogP) is 2.81. The largest absolute Gasteiger partial charge is 0.352 e. The summed E-state index contributed by atoms with van der Waals surface area (Å²) in [4.78, 5) is 25.4. The minimum absolute atomic E-state index is 0.151. The van der Waals surface area contributed by atoms with Crippen molar-refractivity contribution >= 4 is 17.5 Å². The number of rotatable bonds is 5. The quantitative estimate of drug-likeness (QED) is 0.918. The molecule has 0 aromatic heterocycles. The van der Waals surface area contributed by atoms with Gasteiger partial charge in [-0.05, 0) is 41.8 Å². The molecule has 2 amide bonds. The molecule has 0 unspecified atom stereocenters. The summed E-state index contributed by atoms with van der Waals surface area (Å²) in [5, 5.41) is 2.82. The molecule has 0 aliphatic carbocycles. The van der Waals surface area contributed by atoms with Crippen molar-refractivity contribution in [2.45, 2.75) is 25.8 Å². The van der Waals surface area contributed by atoms with Crippen molar-refractivity contribution in [2.24, 2.45) is 0 Å². The molecule has 1 fully saturated rings. The van der Waals surface area contributed by atoms with Gasteiger partial charge in [-0.15, -0.1) is 0 Å². The highest BCUT2D eigenvalue weighted by Gasteiger charge is 2.21. The average Bonchev–Trinajstić information content (AvgIpc) is 2.99. The SMILES string of the molecule is O=C(Cc1cccc(F)c1)NCc1ccc(N2CCCC2=O)cc1. The summed E-state index contributed by atoms with van der Waals surface area (Å²) in [6, 6.07) is 13.7. The van der Waals surface area contributed by atoms with Crippen LogP contribution in [0.2, 0.25) is 0 Å². The third-order valence-electron chi connectivity index (χ3n) is 4.06. The molecule has 2 aromatic carbocycles. The van der Waals surface area contributed by atoms with E-state index in [4.69, 9.17) is 0 Å². The Hall–Kier alpha value is -2.69. The normalized spacial score (nSPS) is 14.0. The number of amides is 2. The molecule has 24 heavy (non-hydrogen) atoms. The Morgan fingerprint density at radius 1 is 1.12 bits per heavy atom. The summed E-state index contributed by atoms with van der Waals surface area (Å²) in [6.07, 6.45) is 1.66. The summed E-state index contributed by atoms with van der Waals surface area (Å²) < 4.78 is 13.1. The molecule has 4 nitrogen and oxygen atoms in total. The van der Waals surface area contributed by atoms with Gasteiger partial charge in [0.1, 0.15) is 5.82 Å². The number of carbonyl (C=O) groups is 2. The average molecular weight is 326 g/mol. The number of nitrogens with one attached hydrogen (secondary N) is 1. The van der Waals surface area contributed by atoms with Gasteiger partial charge in [0.2, 0.25) is 11.8 Å². The molecular weight excluding hydrogens is 307 g/mol. The van der Waals surface area contributed by atoms with Crippen LogP contribution < -0.4 is 10.2 Å². The summed E-state index contributed by atoms with van der Waals surface area (Å²) in [5.74, 6) is -0.335. The molecule has 0 bridgehead atoms. The van der Waals surface area contributed by atoms with Gasteiger partial charge in [0.05, 0.1) is 6.42 Å². The molecule has 1 aliphatic rings. The summed E-state index contributed by atoms with van der Waals surface area (Å²) >= 11 is 0. The van der Waals surface area contributed by atoms with E-state index in [0.29, 0.717) is 18.5 Å². The summed E-state index contributed by atoms with van der Waals surface area (Å²) in [5.41, 5.74) is 2.50. The van der Waals surface area contributed by atoms with Crippen LogP contribution >= 0.6 is 0 Å². The Morgan fingerprint density at radius 3 is 2.58 bits per heavy atom. The van der Waals surface area contributed by atoms with Crippen molar-refractivity contribution in [3.8, 4) is 0 Å². The zero-order chi connectivity index (χ0) is 16.9. The van der Waals surface area contributed by atoms with Crippen LogP contribution in [0.1, 0.15) is 24.0 Å². The lowest BCUT2D eigenvalue weighted by atomic mass is 10.1. The second-order valence-corrected chi connectivity index (χ2v) is 5.90. The first kappa shape index (κ1) is 16.2. The first-order valence-electron chi connectivity index (χ1n) is 8.02. The van der Waals surface area contributed by atoms with Crippen LogP contribution in [0, 0.1) is 5.82 Å². The number of hydrogen-bond acceptors (Lipinski definition) is 2.